The highest BCUT2D eigenvalue weighted by molar-refractivity contribution is 7.89. The van der Waals surface area contributed by atoms with Crippen LogP contribution in [0, 0.1) is 13.8 Å². The number of rotatable bonds is 23. The van der Waals surface area contributed by atoms with Gasteiger partial charge in [-0.2, -0.15) is 9.82 Å². The van der Waals surface area contributed by atoms with Crippen LogP contribution in [-0.4, -0.2) is 118 Å². The van der Waals surface area contributed by atoms with Gasteiger partial charge in [0.2, 0.25) is 21.8 Å². The van der Waals surface area contributed by atoms with Crippen molar-refractivity contribution in [2.45, 2.75) is 103 Å². The topological polar surface area (TPSA) is 250 Å². The summed E-state index contributed by atoms with van der Waals surface area (Å²) in [6.07, 6.45) is 4.72. The molecule has 340 valence electrons. The van der Waals surface area contributed by atoms with Crippen LogP contribution < -0.4 is 36.0 Å². The molecule has 62 heavy (non-hydrogen) atoms. The molecule has 1 aromatic heterocycles. The lowest BCUT2D eigenvalue weighted by Crippen LogP contribution is -2.49. The fourth-order valence-electron chi connectivity index (χ4n) is 6.56. The molecule has 0 fully saturated rings. The maximum absolute atomic E-state index is 13.7. The molecule has 1 aliphatic heterocycles. The molecule has 20 heteroatoms. The Morgan fingerprint density at radius 3 is 2.24 bits per heavy atom. The van der Waals surface area contributed by atoms with Crippen LogP contribution in [0.1, 0.15) is 87.2 Å². The third-order valence-corrected chi connectivity index (χ3v) is 11.2. The first-order valence-corrected chi connectivity index (χ1v) is 22.3. The van der Waals surface area contributed by atoms with E-state index in [-0.39, 0.29) is 68.2 Å². The van der Waals surface area contributed by atoms with Crippen LogP contribution >= 0.6 is 0 Å². The average molecular weight is 884 g/mol. The predicted octanol–water partition coefficient (Wildman–Crippen LogP) is 2.14. The molecular weight excluding hydrogens is 823 g/mol. The van der Waals surface area contributed by atoms with Crippen LogP contribution in [0.4, 0.5) is 0 Å². The van der Waals surface area contributed by atoms with E-state index in [0.717, 1.165) is 56.4 Å². The van der Waals surface area contributed by atoms with E-state index in [9.17, 15) is 32.4 Å². The number of sulfonamides is 1. The Kier molecular flexibility index (Phi) is 18.5. The molecule has 0 bridgehead atoms. The molecule has 2 aromatic carbocycles. The zero-order valence-electron chi connectivity index (χ0n) is 36.5. The second-order valence-corrected chi connectivity index (χ2v) is 17.5. The van der Waals surface area contributed by atoms with Crippen molar-refractivity contribution in [2.24, 2.45) is 4.99 Å². The number of esters is 2. The number of nitrogens with zero attached hydrogens (tertiary/aromatic N) is 3. The smallest absolute Gasteiger partial charge is 0.325 e. The first-order valence-electron chi connectivity index (χ1n) is 20.8. The summed E-state index contributed by atoms with van der Waals surface area (Å²) < 4.78 is 47.5. The quantitative estimate of drug-likeness (QED) is 0.0591. The van der Waals surface area contributed by atoms with E-state index in [1.807, 2.05) is 4.68 Å². The average Bonchev–Trinajstić information content (AvgIpc) is 3.62. The van der Waals surface area contributed by atoms with Gasteiger partial charge < -0.3 is 40.8 Å². The molecule has 4 rings (SSSR count). The van der Waals surface area contributed by atoms with Crippen molar-refractivity contribution >= 4 is 56.5 Å². The van der Waals surface area contributed by atoms with Crippen LogP contribution in [0.15, 0.2) is 46.4 Å². The number of benzene rings is 2. The van der Waals surface area contributed by atoms with Crippen LogP contribution in [-0.2, 0) is 45.2 Å². The molecule has 3 amide bonds. The molecule has 0 radical (unpaired) electrons. The van der Waals surface area contributed by atoms with Crippen LogP contribution in [0.25, 0.3) is 10.9 Å². The molecule has 19 nitrogen and oxygen atoms in total. The molecule has 0 spiro atoms. The summed E-state index contributed by atoms with van der Waals surface area (Å²) in [4.78, 5) is 66.4. The first-order chi connectivity index (χ1) is 29.5. The molecule has 3 aromatic rings. The minimum atomic E-state index is -4.30. The normalized spacial score (nSPS) is 13.3. The number of aryl methyl sites for hydroxylation is 3. The Bertz CT molecular complexity index is 2160. The Morgan fingerprint density at radius 1 is 0.903 bits per heavy atom. The van der Waals surface area contributed by atoms with Crippen molar-refractivity contribution < 1.29 is 46.6 Å². The van der Waals surface area contributed by atoms with E-state index in [1.165, 1.54) is 0 Å². The van der Waals surface area contributed by atoms with Gasteiger partial charge in [0.15, 0.2) is 5.96 Å². The van der Waals surface area contributed by atoms with Crippen LogP contribution in [0.2, 0.25) is 0 Å². The molecule has 0 unspecified atom stereocenters. The lowest BCUT2D eigenvalue weighted by molar-refractivity contribution is -0.155. The van der Waals surface area contributed by atoms with Gasteiger partial charge in [-0.05, 0) is 102 Å². The first kappa shape index (κ1) is 48.9. The highest BCUT2D eigenvalue weighted by atomic mass is 32.2. The Morgan fingerprint density at radius 2 is 1.60 bits per heavy atom. The number of nitrogens with one attached hydrogen (secondary N) is 6. The summed E-state index contributed by atoms with van der Waals surface area (Å²) in [5.41, 5.74) is 1.29. The highest BCUT2D eigenvalue weighted by Crippen LogP contribution is 2.26. The molecule has 0 saturated carbocycles. The fourth-order valence-corrected chi connectivity index (χ4v) is 8.20. The highest BCUT2D eigenvalue weighted by Gasteiger charge is 2.30. The molecular formula is C42H61N9O10S. The fraction of sp³-hybridized carbons (Fsp3) is 0.548. The number of hydrogen-bond donors (Lipinski definition) is 6. The molecule has 1 atom stereocenters. The number of methoxy groups -OCH3 is 1. The van der Waals surface area contributed by atoms with Crippen molar-refractivity contribution in [3.63, 3.8) is 0 Å². The van der Waals surface area contributed by atoms with E-state index in [4.69, 9.17) is 14.2 Å². The molecule has 6 N–H and O–H groups in total. The second kappa shape index (κ2) is 23.5. The van der Waals surface area contributed by atoms with Gasteiger partial charge in [-0.1, -0.05) is 0 Å². The Labute approximate surface area is 362 Å². The van der Waals surface area contributed by atoms with E-state index in [1.54, 1.807) is 71.1 Å². The largest absolute Gasteiger partial charge is 0.494 e. The zero-order chi connectivity index (χ0) is 45.3. The van der Waals surface area contributed by atoms with Crippen molar-refractivity contribution in [1.82, 2.24) is 41.1 Å². The lowest BCUT2D eigenvalue weighted by atomic mass is 10.1. The Balaban J connectivity index is 1.20. The summed E-state index contributed by atoms with van der Waals surface area (Å²) in [5, 5.41) is 19.8. The third-order valence-electron chi connectivity index (χ3n) is 9.38. The monoisotopic (exact) mass is 883 g/mol. The van der Waals surface area contributed by atoms with E-state index < -0.39 is 33.5 Å². The minimum absolute atomic E-state index is 0.0581. The molecule has 0 saturated heterocycles. The number of fused-ring (bicyclic) bond motifs is 1. The standard InChI is InChI=1S/C42H61N9O10S/c1-28-23-32(60-22-8-12-36(53)44-20-19-43-35(52)11-7-13-37(54)61-42(3,4)5)24-29(2)38(28)62(57,58)50-33(40(56)59-6)27-48-39(55)30-14-15-34-31(25-30)26-49-51(34)21-10-18-47-41-45-16-9-17-46-41/h14-15,23-26,33,50H,7-13,16-22,27H2,1-6H3,(H,43,52)(H,44,53)(H,48,55)(H2,45,46,47)/t33-/m0/s1. The van der Waals surface area contributed by atoms with Crippen molar-refractivity contribution in [3.8, 4) is 5.75 Å². The maximum Gasteiger partial charge on any atom is 0.325 e. The lowest BCUT2D eigenvalue weighted by Gasteiger charge is -2.20. The van der Waals surface area contributed by atoms with Crippen molar-refractivity contribution in [3.05, 3.63) is 53.2 Å². The molecule has 1 aliphatic rings. The van der Waals surface area contributed by atoms with Crippen molar-refractivity contribution in [1.29, 1.82) is 0 Å². The summed E-state index contributed by atoms with van der Waals surface area (Å²) in [6.45, 7) is 11.9. The number of carbonyl (C=O) groups excluding carboxylic acids is 5. The number of carbonyl (C=O) groups is 5. The number of ether oxygens (including phenoxy) is 3. The summed E-state index contributed by atoms with van der Waals surface area (Å²) in [7, 11) is -3.17. The van der Waals surface area contributed by atoms with Gasteiger partial charge in [0.1, 0.15) is 17.4 Å². The van der Waals surface area contributed by atoms with Gasteiger partial charge in [-0.3, -0.25) is 33.6 Å². The Hall–Kier alpha value is -5.76. The van der Waals surface area contributed by atoms with Gasteiger partial charge in [0.25, 0.3) is 5.91 Å². The SMILES string of the molecule is COC(=O)[C@H](CNC(=O)c1ccc2c(cnn2CCCNC2=NCCCN2)c1)NS(=O)(=O)c1c(C)cc(OCCCC(=O)NCCNC(=O)CCCC(=O)OC(C)(C)C)cc1C. The zero-order valence-corrected chi connectivity index (χ0v) is 37.3. The van der Waals surface area contributed by atoms with Gasteiger partial charge >= 0.3 is 11.9 Å². The minimum Gasteiger partial charge on any atom is -0.494 e. The number of guanidine groups is 1. The van der Waals surface area contributed by atoms with Gasteiger partial charge in [0, 0.05) is 76.0 Å². The van der Waals surface area contributed by atoms with Gasteiger partial charge in [0.05, 0.1) is 30.3 Å². The summed E-state index contributed by atoms with van der Waals surface area (Å²) in [6, 6.07) is 6.78. The third kappa shape index (κ3) is 15.9. The van der Waals surface area contributed by atoms with E-state index in [0.29, 0.717) is 41.8 Å². The number of aromatic nitrogens is 2. The second-order valence-electron chi connectivity index (χ2n) is 15.8. The summed E-state index contributed by atoms with van der Waals surface area (Å²) >= 11 is 0. The van der Waals surface area contributed by atoms with E-state index >= 15 is 0 Å². The van der Waals surface area contributed by atoms with Crippen LogP contribution in [0.3, 0.4) is 0 Å². The number of aliphatic imine (C=N–C) groups is 1. The van der Waals surface area contributed by atoms with Gasteiger partial charge in [-0.25, -0.2) is 8.42 Å². The number of amides is 3. The maximum atomic E-state index is 13.7. The van der Waals surface area contributed by atoms with Gasteiger partial charge in [-0.15, -0.1) is 0 Å². The van der Waals surface area contributed by atoms with E-state index in [2.05, 4.69) is 41.4 Å². The van der Waals surface area contributed by atoms with Crippen molar-refractivity contribution in [2.75, 3.05) is 53.0 Å². The predicted molar refractivity (Wildman–Crippen MR) is 232 cm³/mol. The number of hydrogen-bond acceptors (Lipinski definition) is 14. The summed E-state index contributed by atoms with van der Waals surface area (Å²) in [5.74, 6) is -1.00. The molecule has 0 aliphatic carbocycles. The molecule has 2 heterocycles. The van der Waals surface area contributed by atoms with Crippen LogP contribution in [0.5, 0.6) is 5.75 Å².